The Bertz CT molecular complexity index is 227. The van der Waals surface area contributed by atoms with Crippen LogP contribution in [-0.4, -0.2) is 49.5 Å². The van der Waals surface area contributed by atoms with Crippen LogP contribution in [0.5, 0.6) is 0 Å². The molecule has 0 aliphatic carbocycles. The summed E-state index contributed by atoms with van der Waals surface area (Å²) in [5.41, 5.74) is -0.00715. The summed E-state index contributed by atoms with van der Waals surface area (Å²) in [6.45, 7) is 16.0. The summed E-state index contributed by atoms with van der Waals surface area (Å²) in [7, 11) is 0. The molecule has 1 heterocycles. The first-order valence-corrected chi connectivity index (χ1v) is 7.85. The van der Waals surface area contributed by atoms with Gasteiger partial charge in [0, 0.05) is 26.2 Å². The van der Waals surface area contributed by atoms with Crippen molar-refractivity contribution in [3.8, 4) is 0 Å². The monoisotopic (exact) mass is 271 g/mol. The zero-order valence-electron chi connectivity index (χ0n) is 13.6. The number of hydrogen-bond donors (Lipinski definition) is 0. The van der Waals surface area contributed by atoms with Crippen molar-refractivity contribution in [3.05, 3.63) is 0 Å². The van der Waals surface area contributed by atoms with Crippen molar-refractivity contribution in [2.45, 2.75) is 65.6 Å². The van der Waals surface area contributed by atoms with Gasteiger partial charge in [0.25, 0.3) is 0 Å². The quantitative estimate of drug-likeness (QED) is 0.663. The molecule has 0 unspecified atom stereocenters. The Morgan fingerprint density at radius 2 is 1.74 bits per heavy atom. The minimum Gasteiger partial charge on any atom is -0.380 e. The number of nitrogens with zero attached hydrogens (tertiary/aromatic N) is 1. The van der Waals surface area contributed by atoms with E-state index in [1.807, 2.05) is 0 Å². The minimum absolute atomic E-state index is 0.00715. The van der Waals surface area contributed by atoms with E-state index in [9.17, 15) is 0 Å². The number of hydrogen-bond acceptors (Lipinski definition) is 3. The van der Waals surface area contributed by atoms with Crippen molar-refractivity contribution in [1.82, 2.24) is 4.90 Å². The molecule has 0 bridgehead atoms. The SMILES string of the molecule is CC(C)CCOCCN1CCC(OC(C)(C)C)CC1. The van der Waals surface area contributed by atoms with Crippen LogP contribution in [0, 0.1) is 5.92 Å². The summed E-state index contributed by atoms with van der Waals surface area (Å²) >= 11 is 0. The van der Waals surface area contributed by atoms with Crippen LogP contribution in [0.1, 0.15) is 53.9 Å². The molecule has 0 radical (unpaired) electrons. The highest BCUT2D eigenvalue weighted by Crippen LogP contribution is 2.19. The van der Waals surface area contributed by atoms with Gasteiger partial charge in [-0.3, -0.25) is 0 Å². The summed E-state index contributed by atoms with van der Waals surface area (Å²) in [4.78, 5) is 2.50. The van der Waals surface area contributed by atoms with Crippen LogP contribution < -0.4 is 0 Å². The second kappa shape index (κ2) is 8.23. The van der Waals surface area contributed by atoms with Gasteiger partial charge in [-0.25, -0.2) is 0 Å². The molecule has 1 fully saturated rings. The molecule has 0 saturated carbocycles. The van der Waals surface area contributed by atoms with E-state index in [4.69, 9.17) is 9.47 Å². The maximum atomic E-state index is 6.04. The molecule has 0 aromatic carbocycles. The predicted octanol–water partition coefficient (Wildman–Crippen LogP) is 3.33. The van der Waals surface area contributed by atoms with Gasteiger partial charge >= 0.3 is 0 Å². The lowest BCUT2D eigenvalue weighted by Gasteiger charge is -2.35. The average Bonchev–Trinajstić information content (AvgIpc) is 2.28. The van der Waals surface area contributed by atoms with Crippen LogP contribution in [0.3, 0.4) is 0 Å². The molecule has 114 valence electrons. The standard InChI is InChI=1S/C16H33NO2/c1-14(2)8-12-18-13-11-17-9-6-15(7-10-17)19-16(3,4)5/h14-15H,6-13H2,1-5H3. The Balaban J connectivity index is 2.04. The first-order chi connectivity index (χ1) is 8.87. The van der Waals surface area contributed by atoms with Crippen molar-refractivity contribution >= 4 is 0 Å². The largest absolute Gasteiger partial charge is 0.380 e. The lowest BCUT2D eigenvalue weighted by molar-refractivity contribution is -0.0833. The third-order valence-electron chi connectivity index (χ3n) is 3.45. The zero-order valence-corrected chi connectivity index (χ0v) is 13.6. The molecule has 19 heavy (non-hydrogen) atoms. The highest BCUT2D eigenvalue weighted by atomic mass is 16.5. The van der Waals surface area contributed by atoms with Crippen LogP contribution in [0.4, 0.5) is 0 Å². The van der Waals surface area contributed by atoms with E-state index in [0.29, 0.717) is 6.10 Å². The molecular formula is C16H33NO2. The molecule has 3 nitrogen and oxygen atoms in total. The Morgan fingerprint density at radius 3 is 2.26 bits per heavy atom. The second-order valence-corrected chi connectivity index (χ2v) is 7.07. The molecular weight excluding hydrogens is 238 g/mol. The smallest absolute Gasteiger partial charge is 0.0606 e. The Labute approximate surface area is 119 Å². The maximum Gasteiger partial charge on any atom is 0.0606 e. The summed E-state index contributed by atoms with van der Waals surface area (Å²) in [5, 5.41) is 0. The van der Waals surface area contributed by atoms with Crippen molar-refractivity contribution in [2.75, 3.05) is 32.8 Å². The van der Waals surface area contributed by atoms with E-state index in [-0.39, 0.29) is 5.60 Å². The average molecular weight is 271 g/mol. The second-order valence-electron chi connectivity index (χ2n) is 7.07. The van der Waals surface area contributed by atoms with Crippen molar-refractivity contribution in [2.24, 2.45) is 5.92 Å². The minimum atomic E-state index is -0.00715. The topological polar surface area (TPSA) is 21.7 Å². The van der Waals surface area contributed by atoms with Gasteiger partial charge in [0.15, 0.2) is 0 Å². The highest BCUT2D eigenvalue weighted by Gasteiger charge is 2.23. The van der Waals surface area contributed by atoms with E-state index in [0.717, 1.165) is 51.6 Å². The van der Waals surface area contributed by atoms with E-state index >= 15 is 0 Å². The van der Waals surface area contributed by atoms with E-state index in [1.54, 1.807) is 0 Å². The molecule has 0 atom stereocenters. The van der Waals surface area contributed by atoms with Gasteiger partial charge in [-0.2, -0.15) is 0 Å². The van der Waals surface area contributed by atoms with Crippen LogP contribution in [0.2, 0.25) is 0 Å². The molecule has 1 aliphatic rings. The summed E-state index contributed by atoms with van der Waals surface area (Å²) in [5.74, 6) is 0.741. The molecule has 0 amide bonds. The first-order valence-electron chi connectivity index (χ1n) is 7.85. The lowest BCUT2D eigenvalue weighted by atomic mass is 10.1. The van der Waals surface area contributed by atoms with Gasteiger partial charge in [0.05, 0.1) is 18.3 Å². The third kappa shape index (κ3) is 8.61. The number of ether oxygens (including phenoxy) is 2. The third-order valence-corrected chi connectivity index (χ3v) is 3.45. The zero-order chi connectivity index (χ0) is 14.3. The van der Waals surface area contributed by atoms with Gasteiger partial charge in [-0.1, -0.05) is 13.8 Å². The Hall–Kier alpha value is -0.120. The van der Waals surface area contributed by atoms with Crippen molar-refractivity contribution in [1.29, 1.82) is 0 Å². The predicted molar refractivity (Wildman–Crippen MR) is 80.6 cm³/mol. The molecule has 1 aliphatic heterocycles. The maximum absolute atomic E-state index is 6.04. The lowest BCUT2D eigenvalue weighted by Crippen LogP contribution is -2.41. The van der Waals surface area contributed by atoms with E-state index in [2.05, 4.69) is 39.5 Å². The number of rotatable bonds is 7. The number of piperidine rings is 1. The van der Waals surface area contributed by atoms with Gasteiger partial charge in [-0.05, 0) is 46.0 Å². The Kier molecular flexibility index (Phi) is 7.33. The summed E-state index contributed by atoms with van der Waals surface area (Å²) in [6.07, 6.45) is 3.92. The van der Waals surface area contributed by atoms with E-state index in [1.165, 1.54) is 6.42 Å². The van der Waals surface area contributed by atoms with Crippen LogP contribution in [-0.2, 0) is 9.47 Å². The molecule has 0 aromatic rings. The highest BCUT2D eigenvalue weighted by molar-refractivity contribution is 4.75. The molecule has 1 rings (SSSR count). The molecule has 0 aromatic heterocycles. The fourth-order valence-electron chi connectivity index (χ4n) is 2.37. The molecule has 0 spiro atoms. The fourth-order valence-corrected chi connectivity index (χ4v) is 2.37. The molecule has 0 N–H and O–H groups in total. The first kappa shape index (κ1) is 16.9. The molecule has 1 saturated heterocycles. The van der Waals surface area contributed by atoms with Crippen molar-refractivity contribution in [3.63, 3.8) is 0 Å². The normalized spacial score (nSPS) is 19.3. The van der Waals surface area contributed by atoms with E-state index < -0.39 is 0 Å². The Morgan fingerprint density at radius 1 is 1.11 bits per heavy atom. The van der Waals surface area contributed by atoms with Crippen LogP contribution in [0.25, 0.3) is 0 Å². The van der Waals surface area contributed by atoms with Gasteiger partial charge < -0.3 is 14.4 Å². The van der Waals surface area contributed by atoms with Gasteiger partial charge in [-0.15, -0.1) is 0 Å². The summed E-state index contributed by atoms with van der Waals surface area (Å²) in [6, 6.07) is 0. The van der Waals surface area contributed by atoms with Gasteiger partial charge in [0.2, 0.25) is 0 Å². The van der Waals surface area contributed by atoms with Crippen LogP contribution >= 0.6 is 0 Å². The van der Waals surface area contributed by atoms with Gasteiger partial charge in [0.1, 0.15) is 0 Å². The van der Waals surface area contributed by atoms with Crippen molar-refractivity contribution < 1.29 is 9.47 Å². The summed E-state index contributed by atoms with van der Waals surface area (Å²) < 4.78 is 11.7. The number of likely N-dealkylation sites (tertiary alicyclic amines) is 1. The fraction of sp³-hybridized carbons (Fsp3) is 1.00. The van der Waals surface area contributed by atoms with Crippen LogP contribution in [0.15, 0.2) is 0 Å². The molecule has 3 heteroatoms.